The van der Waals surface area contributed by atoms with Crippen LogP contribution in [0.15, 0.2) is 29.3 Å². The molecule has 1 amide bonds. The molecule has 0 saturated heterocycles. The van der Waals surface area contributed by atoms with Crippen LogP contribution in [0.3, 0.4) is 0 Å². The molecule has 5 nitrogen and oxygen atoms in total. The highest BCUT2D eigenvalue weighted by Crippen LogP contribution is 2.27. The summed E-state index contributed by atoms with van der Waals surface area (Å²) in [6.07, 6.45) is 5.86. The number of thioether (sulfide) groups is 1. The topological polar surface area (TPSA) is 65.5 Å². The molecule has 1 fully saturated rings. The third kappa shape index (κ3) is 7.05. The van der Waals surface area contributed by atoms with E-state index in [1.54, 1.807) is 7.05 Å². The fraction of sp³-hybridized carbons (Fsp3) is 0.556. The van der Waals surface area contributed by atoms with E-state index < -0.39 is 0 Å². The lowest BCUT2D eigenvalue weighted by atomic mass is 10.1. The highest BCUT2D eigenvalue weighted by atomic mass is 127. The average Bonchev–Trinajstić information content (AvgIpc) is 3.07. The minimum atomic E-state index is -0.0286. The van der Waals surface area contributed by atoms with Gasteiger partial charge in [-0.15, -0.1) is 24.0 Å². The number of carbonyl (C=O) groups is 1. The minimum absolute atomic E-state index is 0. The van der Waals surface area contributed by atoms with Crippen LogP contribution in [0, 0.1) is 0 Å². The summed E-state index contributed by atoms with van der Waals surface area (Å²) in [4.78, 5) is 16.1. The van der Waals surface area contributed by atoms with Crippen LogP contribution in [0.2, 0.25) is 0 Å². The third-order valence-electron chi connectivity index (χ3n) is 4.30. The molecule has 0 spiro atoms. The fourth-order valence-electron chi connectivity index (χ4n) is 2.90. The fourth-order valence-corrected chi connectivity index (χ4v) is 3.69. The molecule has 0 aromatic heterocycles. The Morgan fingerprint density at radius 1 is 1.24 bits per heavy atom. The molecule has 1 aliphatic rings. The first kappa shape index (κ1) is 22.1. The Kier molecular flexibility index (Phi) is 10.3. The highest BCUT2D eigenvalue weighted by molar-refractivity contribution is 14.0. The number of nitrogens with zero attached hydrogens (tertiary/aromatic N) is 1. The smallest absolute Gasteiger partial charge is 0.251 e. The summed E-state index contributed by atoms with van der Waals surface area (Å²) in [5, 5.41) is 10.4. The molecule has 3 N–H and O–H groups in total. The predicted molar refractivity (Wildman–Crippen MR) is 118 cm³/mol. The van der Waals surface area contributed by atoms with E-state index in [4.69, 9.17) is 0 Å². The second-order valence-electron chi connectivity index (χ2n) is 5.99. The number of hydrogen-bond acceptors (Lipinski definition) is 3. The van der Waals surface area contributed by atoms with Crippen molar-refractivity contribution in [2.75, 3.05) is 19.8 Å². The number of nitrogens with one attached hydrogen (secondary N) is 3. The molecule has 1 aliphatic carbocycles. The van der Waals surface area contributed by atoms with Crippen LogP contribution in [-0.2, 0) is 6.54 Å². The first-order valence-corrected chi connectivity index (χ1v) is 9.82. The van der Waals surface area contributed by atoms with Crippen molar-refractivity contribution in [2.45, 2.75) is 44.0 Å². The van der Waals surface area contributed by atoms with Gasteiger partial charge in [0, 0.05) is 37.0 Å². The molecule has 0 aliphatic heterocycles. The first-order chi connectivity index (χ1) is 11.7. The summed E-state index contributed by atoms with van der Waals surface area (Å²) >= 11 is 1.96. The Bertz CT molecular complexity index is 565. The maximum absolute atomic E-state index is 11.8. The molecule has 0 radical (unpaired) electrons. The average molecular weight is 476 g/mol. The van der Waals surface area contributed by atoms with Crippen molar-refractivity contribution in [2.24, 2.45) is 4.99 Å². The molecule has 0 bridgehead atoms. The van der Waals surface area contributed by atoms with E-state index in [1.165, 1.54) is 19.3 Å². The standard InChI is InChI=1S/C18H28N4OS.HI/c1-4-20-17(23)14-7-5-13(6-8-14)12-21-18(19-2)22-15-9-10-16(11-15)24-3;/h5-8,15-16H,4,9-12H2,1-3H3,(H,20,23)(H2,19,21,22);1H. The normalized spacial score (nSPS) is 19.9. The summed E-state index contributed by atoms with van der Waals surface area (Å²) in [6, 6.07) is 8.18. The van der Waals surface area contributed by atoms with Gasteiger partial charge >= 0.3 is 0 Å². The van der Waals surface area contributed by atoms with Crippen molar-refractivity contribution in [3.05, 3.63) is 35.4 Å². The zero-order chi connectivity index (χ0) is 17.4. The zero-order valence-corrected chi connectivity index (χ0v) is 18.3. The Morgan fingerprint density at radius 3 is 2.52 bits per heavy atom. The van der Waals surface area contributed by atoms with E-state index in [0.29, 0.717) is 24.7 Å². The van der Waals surface area contributed by atoms with Crippen LogP contribution in [0.4, 0.5) is 0 Å². The molecule has 1 aromatic carbocycles. The number of guanidine groups is 1. The second kappa shape index (κ2) is 11.6. The van der Waals surface area contributed by atoms with Crippen LogP contribution in [0.5, 0.6) is 0 Å². The molecule has 7 heteroatoms. The Morgan fingerprint density at radius 2 is 1.96 bits per heavy atom. The minimum Gasteiger partial charge on any atom is -0.354 e. The maximum Gasteiger partial charge on any atom is 0.251 e. The van der Waals surface area contributed by atoms with Gasteiger partial charge in [-0.1, -0.05) is 12.1 Å². The van der Waals surface area contributed by atoms with Crippen molar-refractivity contribution in [3.8, 4) is 0 Å². The van der Waals surface area contributed by atoms with E-state index in [9.17, 15) is 4.79 Å². The van der Waals surface area contributed by atoms with Gasteiger partial charge in [0.15, 0.2) is 5.96 Å². The number of halogens is 1. The number of aliphatic imine (C=N–C) groups is 1. The lowest BCUT2D eigenvalue weighted by Gasteiger charge is -2.17. The summed E-state index contributed by atoms with van der Waals surface area (Å²) in [6.45, 7) is 3.25. The highest BCUT2D eigenvalue weighted by Gasteiger charge is 2.24. The van der Waals surface area contributed by atoms with Crippen molar-refractivity contribution in [3.63, 3.8) is 0 Å². The SMILES string of the molecule is CCNC(=O)c1ccc(CNC(=NC)NC2CCC(SC)C2)cc1.I. The van der Waals surface area contributed by atoms with E-state index in [1.807, 2.05) is 43.0 Å². The van der Waals surface area contributed by atoms with Gasteiger partial charge in [0.25, 0.3) is 5.91 Å². The van der Waals surface area contributed by atoms with Gasteiger partial charge in [0.2, 0.25) is 0 Å². The first-order valence-electron chi connectivity index (χ1n) is 8.53. The van der Waals surface area contributed by atoms with Gasteiger partial charge in [0.1, 0.15) is 0 Å². The number of amides is 1. The molecule has 2 unspecified atom stereocenters. The molecule has 2 rings (SSSR count). The van der Waals surface area contributed by atoms with E-state index in [0.717, 1.165) is 16.8 Å². The summed E-state index contributed by atoms with van der Waals surface area (Å²) < 4.78 is 0. The quantitative estimate of drug-likeness (QED) is 0.336. The van der Waals surface area contributed by atoms with Crippen molar-refractivity contribution in [1.29, 1.82) is 0 Å². The Balaban J connectivity index is 0.00000312. The van der Waals surface area contributed by atoms with Gasteiger partial charge < -0.3 is 16.0 Å². The van der Waals surface area contributed by atoms with Crippen LogP contribution < -0.4 is 16.0 Å². The second-order valence-corrected chi connectivity index (χ2v) is 7.13. The number of carbonyl (C=O) groups excluding carboxylic acids is 1. The largest absolute Gasteiger partial charge is 0.354 e. The van der Waals surface area contributed by atoms with Crippen LogP contribution in [-0.4, -0.2) is 43.0 Å². The van der Waals surface area contributed by atoms with Crippen LogP contribution >= 0.6 is 35.7 Å². The molecule has 140 valence electrons. The molecule has 25 heavy (non-hydrogen) atoms. The van der Waals surface area contributed by atoms with Gasteiger partial charge in [0.05, 0.1) is 0 Å². The summed E-state index contributed by atoms with van der Waals surface area (Å²) in [5.74, 6) is 0.814. The van der Waals surface area contributed by atoms with Gasteiger partial charge in [-0.25, -0.2) is 0 Å². The number of benzene rings is 1. The van der Waals surface area contributed by atoms with E-state index in [-0.39, 0.29) is 29.9 Å². The summed E-state index contributed by atoms with van der Waals surface area (Å²) in [7, 11) is 1.80. The van der Waals surface area contributed by atoms with E-state index >= 15 is 0 Å². The van der Waals surface area contributed by atoms with Crippen LogP contribution in [0.25, 0.3) is 0 Å². The lowest BCUT2D eigenvalue weighted by Crippen LogP contribution is -2.42. The molecular weight excluding hydrogens is 447 g/mol. The molecule has 1 aromatic rings. The van der Waals surface area contributed by atoms with Crippen molar-refractivity contribution >= 4 is 47.6 Å². The van der Waals surface area contributed by atoms with Gasteiger partial charge in [-0.2, -0.15) is 11.8 Å². The molecule has 1 saturated carbocycles. The monoisotopic (exact) mass is 476 g/mol. The van der Waals surface area contributed by atoms with Crippen molar-refractivity contribution < 1.29 is 4.79 Å². The zero-order valence-electron chi connectivity index (χ0n) is 15.2. The molecule has 0 heterocycles. The van der Waals surface area contributed by atoms with Gasteiger partial charge in [-0.3, -0.25) is 9.79 Å². The number of hydrogen-bond donors (Lipinski definition) is 3. The summed E-state index contributed by atoms with van der Waals surface area (Å²) in [5.41, 5.74) is 1.82. The number of rotatable bonds is 6. The van der Waals surface area contributed by atoms with Gasteiger partial charge in [-0.05, 0) is 50.1 Å². The van der Waals surface area contributed by atoms with Crippen LogP contribution in [0.1, 0.15) is 42.1 Å². The molecular formula is C18H29IN4OS. The Hall–Kier alpha value is -0.960. The Labute approximate surface area is 172 Å². The van der Waals surface area contributed by atoms with Crippen molar-refractivity contribution in [1.82, 2.24) is 16.0 Å². The third-order valence-corrected chi connectivity index (χ3v) is 5.39. The maximum atomic E-state index is 11.8. The lowest BCUT2D eigenvalue weighted by molar-refractivity contribution is 0.0956. The molecule has 2 atom stereocenters. The van der Waals surface area contributed by atoms with E-state index in [2.05, 4.69) is 27.2 Å². The predicted octanol–water partition coefficient (Wildman–Crippen LogP) is 3.00.